The number of imidazole rings is 1. The van der Waals surface area contributed by atoms with Crippen LogP contribution in [0.4, 0.5) is 0 Å². The largest absolute Gasteiger partial charge is 0.491 e. The third kappa shape index (κ3) is 4.89. The van der Waals surface area contributed by atoms with Gasteiger partial charge >= 0.3 is 0 Å². The SMILES string of the molecule is Cc1ccccc1OCCn1c(CCNC(=O)c2ccccc2Cl)nc2ccccc21. The van der Waals surface area contributed by atoms with Gasteiger partial charge in [0.1, 0.15) is 18.2 Å². The minimum absolute atomic E-state index is 0.184. The number of aryl methyl sites for hydroxylation is 1. The van der Waals surface area contributed by atoms with E-state index in [2.05, 4.69) is 16.0 Å². The minimum atomic E-state index is -0.184. The number of halogens is 1. The van der Waals surface area contributed by atoms with E-state index in [1.807, 2.05) is 49.4 Å². The molecule has 0 unspecified atom stereocenters. The molecule has 31 heavy (non-hydrogen) atoms. The summed E-state index contributed by atoms with van der Waals surface area (Å²) in [6.07, 6.45) is 0.606. The first-order valence-corrected chi connectivity index (χ1v) is 10.7. The van der Waals surface area contributed by atoms with E-state index in [1.54, 1.807) is 24.3 Å². The average Bonchev–Trinajstić information content (AvgIpc) is 3.13. The van der Waals surface area contributed by atoms with Crippen molar-refractivity contribution in [1.29, 1.82) is 0 Å². The van der Waals surface area contributed by atoms with Crippen LogP contribution in [0.15, 0.2) is 72.8 Å². The number of aromatic nitrogens is 2. The molecule has 0 bridgehead atoms. The Morgan fingerprint density at radius 1 is 1.03 bits per heavy atom. The van der Waals surface area contributed by atoms with Crippen molar-refractivity contribution in [1.82, 2.24) is 14.9 Å². The zero-order valence-corrected chi connectivity index (χ0v) is 18.1. The molecule has 1 N–H and O–H groups in total. The van der Waals surface area contributed by atoms with Crippen molar-refractivity contribution in [3.8, 4) is 5.75 Å². The molecular formula is C25H24ClN3O2. The molecule has 5 nitrogen and oxygen atoms in total. The molecule has 3 aromatic carbocycles. The number of amides is 1. The molecule has 1 aromatic heterocycles. The monoisotopic (exact) mass is 433 g/mol. The van der Waals surface area contributed by atoms with E-state index in [-0.39, 0.29) is 5.91 Å². The Kier molecular flexibility index (Phi) is 6.53. The number of hydrogen-bond donors (Lipinski definition) is 1. The molecule has 4 rings (SSSR count). The molecule has 0 fully saturated rings. The summed E-state index contributed by atoms with van der Waals surface area (Å²) in [5, 5.41) is 3.39. The Morgan fingerprint density at radius 2 is 1.77 bits per heavy atom. The average molecular weight is 434 g/mol. The molecule has 1 heterocycles. The maximum atomic E-state index is 12.4. The van der Waals surface area contributed by atoms with Crippen molar-refractivity contribution < 1.29 is 9.53 Å². The van der Waals surface area contributed by atoms with Gasteiger partial charge in [0.15, 0.2) is 0 Å². The van der Waals surface area contributed by atoms with Crippen LogP contribution >= 0.6 is 11.6 Å². The summed E-state index contributed by atoms with van der Waals surface area (Å²) in [7, 11) is 0. The van der Waals surface area contributed by atoms with E-state index in [1.165, 1.54) is 0 Å². The van der Waals surface area contributed by atoms with Gasteiger partial charge in [0.25, 0.3) is 5.91 Å². The number of nitrogens with one attached hydrogen (secondary N) is 1. The van der Waals surface area contributed by atoms with Gasteiger partial charge in [-0.2, -0.15) is 0 Å². The van der Waals surface area contributed by atoms with Gasteiger partial charge in [-0.05, 0) is 42.8 Å². The lowest BCUT2D eigenvalue weighted by Gasteiger charge is -2.12. The molecule has 0 aliphatic rings. The Balaban J connectivity index is 1.44. The van der Waals surface area contributed by atoms with Gasteiger partial charge in [-0.1, -0.05) is 54.1 Å². The van der Waals surface area contributed by atoms with Crippen molar-refractivity contribution in [2.24, 2.45) is 0 Å². The van der Waals surface area contributed by atoms with Crippen molar-refractivity contribution in [2.45, 2.75) is 19.9 Å². The zero-order valence-electron chi connectivity index (χ0n) is 17.3. The zero-order chi connectivity index (χ0) is 21.6. The Bertz CT molecular complexity index is 1200. The lowest BCUT2D eigenvalue weighted by molar-refractivity contribution is 0.0954. The Hall–Kier alpha value is -3.31. The van der Waals surface area contributed by atoms with Gasteiger partial charge in [-0.15, -0.1) is 0 Å². The van der Waals surface area contributed by atoms with Crippen LogP contribution in [0.3, 0.4) is 0 Å². The number of hydrogen-bond acceptors (Lipinski definition) is 3. The van der Waals surface area contributed by atoms with E-state index in [0.29, 0.717) is 36.7 Å². The normalized spacial score (nSPS) is 10.9. The first kappa shape index (κ1) is 20.9. The summed E-state index contributed by atoms with van der Waals surface area (Å²) in [5.41, 5.74) is 3.58. The van der Waals surface area contributed by atoms with Crippen molar-refractivity contribution in [2.75, 3.05) is 13.2 Å². The van der Waals surface area contributed by atoms with E-state index < -0.39 is 0 Å². The highest BCUT2D eigenvalue weighted by atomic mass is 35.5. The van der Waals surface area contributed by atoms with E-state index >= 15 is 0 Å². The van der Waals surface area contributed by atoms with E-state index in [9.17, 15) is 4.79 Å². The minimum Gasteiger partial charge on any atom is -0.491 e. The Labute approximate surface area is 186 Å². The van der Waals surface area contributed by atoms with Crippen LogP contribution < -0.4 is 10.1 Å². The number of carbonyl (C=O) groups is 1. The number of nitrogens with zero attached hydrogens (tertiary/aromatic N) is 2. The number of carbonyl (C=O) groups excluding carboxylic acids is 1. The number of para-hydroxylation sites is 3. The third-order valence-corrected chi connectivity index (χ3v) is 5.48. The lowest BCUT2D eigenvalue weighted by atomic mass is 10.2. The predicted octanol–water partition coefficient (Wildman–Crippen LogP) is 5.05. The number of ether oxygens (including phenoxy) is 1. The molecule has 4 aromatic rings. The first-order chi connectivity index (χ1) is 15.1. The number of fused-ring (bicyclic) bond motifs is 1. The molecule has 0 aliphatic carbocycles. The summed E-state index contributed by atoms with van der Waals surface area (Å²) in [5.74, 6) is 1.62. The summed E-state index contributed by atoms with van der Waals surface area (Å²) >= 11 is 6.12. The standard InChI is InChI=1S/C25H24ClN3O2/c1-18-8-2-7-13-23(18)31-17-16-29-22-12-6-5-11-21(22)28-24(29)14-15-27-25(30)19-9-3-4-10-20(19)26/h2-13H,14-17H2,1H3,(H,27,30). The topological polar surface area (TPSA) is 56.1 Å². The summed E-state index contributed by atoms with van der Waals surface area (Å²) in [6.45, 7) is 3.70. The molecular weight excluding hydrogens is 410 g/mol. The van der Waals surface area contributed by atoms with Crippen molar-refractivity contribution in [3.05, 3.63) is 94.8 Å². The quantitative estimate of drug-likeness (QED) is 0.423. The van der Waals surface area contributed by atoms with Crippen LogP contribution in [-0.4, -0.2) is 28.6 Å². The second-order valence-electron chi connectivity index (χ2n) is 7.27. The van der Waals surface area contributed by atoms with Gasteiger partial charge in [0.2, 0.25) is 0 Å². The fourth-order valence-electron chi connectivity index (χ4n) is 3.56. The van der Waals surface area contributed by atoms with E-state index in [4.69, 9.17) is 21.3 Å². The summed E-state index contributed by atoms with van der Waals surface area (Å²) in [6, 6.07) is 23.1. The molecule has 1 amide bonds. The molecule has 0 aliphatic heterocycles. The smallest absolute Gasteiger partial charge is 0.252 e. The summed E-state index contributed by atoms with van der Waals surface area (Å²) < 4.78 is 8.16. The van der Waals surface area contributed by atoms with Gasteiger partial charge in [-0.3, -0.25) is 4.79 Å². The van der Waals surface area contributed by atoms with E-state index in [0.717, 1.165) is 28.2 Å². The molecule has 0 saturated heterocycles. The first-order valence-electron chi connectivity index (χ1n) is 10.3. The molecule has 0 atom stereocenters. The second kappa shape index (κ2) is 9.67. The maximum Gasteiger partial charge on any atom is 0.252 e. The van der Waals surface area contributed by atoms with Gasteiger partial charge in [0.05, 0.1) is 28.2 Å². The molecule has 0 spiro atoms. The molecule has 6 heteroatoms. The lowest BCUT2D eigenvalue weighted by Crippen LogP contribution is -2.27. The van der Waals surface area contributed by atoms with Crippen LogP contribution in [-0.2, 0) is 13.0 Å². The van der Waals surface area contributed by atoms with Crippen molar-refractivity contribution >= 4 is 28.5 Å². The molecule has 0 radical (unpaired) electrons. The highest BCUT2D eigenvalue weighted by Gasteiger charge is 2.13. The second-order valence-corrected chi connectivity index (χ2v) is 7.68. The maximum absolute atomic E-state index is 12.4. The van der Waals surface area contributed by atoms with Crippen LogP contribution in [0.2, 0.25) is 5.02 Å². The summed E-state index contributed by atoms with van der Waals surface area (Å²) in [4.78, 5) is 17.2. The molecule has 0 saturated carbocycles. The van der Waals surface area contributed by atoms with Gasteiger partial charge < -0.3 is 14.6 Å². The van der Waals surface area contributed by atoms with Gasteiger partial charge in [-0.25, -0.2) is 4.98 Å². The van der Waals surface area contributed by atoms with Gasteiger partial charge in [0, 0.05) is 13.0 Å². The van der Waals surface area contributed by atoms with Crippen molar-refractivity contribution in [3.63, 3.8) is 0 Å². The number of rotatable bonds is 8. The third-order valence-electron chi connectivity index (χ3n) is 5.15. The van der Waals surface area contributed by atoms with Crippen LogP contribution in [0.25, 0.3) is 11.0 Å². The predicted molar refractivity (Wildman–Crippen MR) is 124 cm³/mol. The fraction of sp³-hybridized carbons (Fsp3) is 0.200. The fourth-order valence-corrected chi connectivity index (χ4v) is 3.78. The highest BCUT2D eigenvalue weighted by Crippen LogP contribution is 2.19. The highest BCUT2D eigenvalue weighted by molar-refractivity contribution is 6.33. The molecule has 158 valence electrons. The number of benzene rings is 3. The van der Waals surface area contributed by atoms with Crippen LogP contribution in [0, 0.1) is 6.92 Å². The van der Waals surface area contributed by atoms with Crippen LogP contribution in [0.1, 0.15) is 21.7 Å². The van der Waals surface area contributed by atoms with Crippen LogP contribution in [0.5, 0.6) is 5.75 Å². The Morgan fingerprint density at radius 3 is 2.61 bits per heavy atom.